The average molecular weight is 543 g/mol. The maximum Gasteiger partial charge on any atom is 0.408 e. The molecule has 0 fully saturated rings. The van der Waals surface area contributed by atoms with Crippen LogP contribution in [-0.4, -0.2) is 52.8 Å². The number of nitrogens with two attached hydrogens (primary N) is 1. The summed E-state index contributed by atoms with van der Waals surface area (Å²) in [5.74, 6) is -2.82. The van der Waals surface area contributed by atoms with Crippen molar-refractivity contribution in [2.24, 2.45) is 5.73 Å². The summed E-state index contributed by atoms with van der Waals surface area (Å²) in [5, 5.41) is 20.5. The van der Waals surface area contributed by atoms with Gasteiger partial charge in [0.1, 0.15) is 24.7 Å². The van der Waals surface area contributed by atoms with Gasteiger partial charge in [-0.25, -0.2) is 4.79 Å². The second-order valence-electron chi connectivity index (χ2n) is 8.52. The minimum atomic E-state index is -1.21. The van der Waals surface area contributed by atoms with Crippen molar-refractivity contribution in [1.29, 1.82) is 0 Å². The minimum Gasteiger partial charge on any atom is -0.445 e. The maximum atomic E-state index is 12.8. The number of amides is 5. The van der Waals surface area contributed by atoms with Crippen LogP contribution in [-0.2, 0) is 30.5 Å². The number of carbonyl (C=O) groups is 5. The van der Waals surface area contributed by atoms with Crippen LogP contribution >= 0.6 is 0 Å². The van der Waals surface area contributed by atoms with Crippen LogP contribution in [0.5, 0.6) is 0 Å². The van der Waals surface area contributed by atoms with Crippen molar-refractivity contribution < 1.29 is 33.6 Å². The molecular weight excluding hydrogens is 512 g/mol. The minimum absolute atomic E-state index is 0.00838. The van der Waals surface area contributed by atoms with E-state index in [2.05, 4.69) is 21.3 Å². The van der Waals surface area contributed by atoms with Crippen LogP contribution in [0.4, 0.5) is 16.2 Å². The summed E-state index contributed by atoms with van der Waals surface area (Å²) in [6.07, 6.45) is -1.18. The lowest BCUT2D eigenvalue weighted by molar-refractivity contribution is -0.384. The molecule has 39 heavy (non-hydrogen) atoms. The normalized spacial score (nSPS) is 12.7. The number of ether oxygens (including phenoxy) is 1. The first-order valence-electron chi connectivity index (χ1n) is 11.9. The van der Waals surface area contributed by atoms with Crippen molar-refractivity contribution in [1.82, 2.24) is 16.0 Å². The number of nitrogens with zero attached hydrogens (tertiary/aromatic N) is 1. The molecule has 0 aliphatic carbocycles. The van der Waals surface area contributed by atoms with Crippen LogP contribution in [0.2, 0.25) is 0 Å². The number of primary amides is 1. The van der Waals surface area contributed by atoms with Gasteiger partial charge in [-0.15, -0.1) is 0 Å². The Labute approximate surface area is 223 Å². The van der Waals surface area contributed by atoms with Gasteiger partial charge in [0.05, 0.1) is 4.92 Å². The lowest BCUT2D eigenvalue weighted by Gasteiger charge is -2.22. The predicted molar refractivity (Wildman–Crippen MR) is 139 cm³/mol. The molecule has 2 rings (SSSR count). The van der Waals surface area contributed by atoms with Crippen LogP contribution in [0, 0.1) is 10.1 Å². The molecule has 0 aliphatic heterocycles. The molecular formula is C25H30N6O8. The van der Waals surface area contributed by atoms with E-state index in [4.69, 9.17) is 10.5 Å². The Balaban J connectivity index is 1.91. The number of benzene rings is 2. The fourth-order valence-corrected chi connectivity index (χ4v) is 3.16. The molecule has 208 valence electrons. The zero-order chi connectivity index (χ0) is 28.9. The van der Waals surface area contributed by atoms with Gasteiger partial charge in [0, 0.05) is 24.2 Å². The Morgan fingerprint density at radius 1 is 0.872 bits per heavy atom. The van der Waals surface area contributed by atoms with Crippen molar-refractivity contribution >= 4 is 41.1 Å². The van der Waals surface area contributed by atoms with E-state index in [1.165, 1.54) is 38.1 Å². The third-order valence-corrected chi connectivity index (χ3v) is 5.35. The quantitative estimate of drug-likeness (QED) is 0.182. The second-order valence-corrected chi connectivity index (χ2v) is 8.52. The Morgan fingerprint density at radius 3 is 2.05 bits per heavy atom. The van der Waals surface area contributed by atoms with E-state index in [9.17, 15) is 34.1 Å². The van der Waals surface area contributed by atoms with Crippen LogP contribution in [0.25, 0.3) is 0 Å². The summed E-state index contributed by atoms with van der Waals surface area (Å²) < 4.78 is 5.07. The van der Waals surface area contributed by atoms with Crippen LogP contribution in [0.1, 0.15) is 32.3 Å². The van der Waals surface area contributed by atoms with Gasteiger partial charge in [-0.3, -0.25) is 29.3 Å². The number of hydrogen-bond donors (Lipinski definition) is 5. The molecule has 0 aromatic heterocycles. The fourth-order valence-electron chi connectivity index (χ4n) is 3.16. The fraction of sp³-hybridized carbons (Fsp3) is 0.320. The van der Waals surface area contributed by atoms with Gasteiger partial charge >= 0.3 is 6.09 Å². The molecule has 0 spiro atoms. The second kappa shape index (κ2) is 14.7. The standard InChI is InChI=1S/C25H30N6O8/c1-15(27-22(33)16(2)28-25(36)39-14-17-6-4-3-5-7-17)23(34)30-20(12-13-21(26)32)24(35)29-18-8-10-19(11-9-18)31(37)38/h3-11,15-16,20H,12-14H2,1-2H3,(H2,26,32)(H,27,33)(H,28,36)(H,29,35)(H,30,34)/t15-,16-,20-/m0/s1. The molecule has 0 saturated heterocycles. The van der Waals surface area contributed by atoms with Gasteiger partial charge in [0.2, 0.25) is 23.6 Å². The van der Waals surface area contributed by atoms with E-state index in [1.54, 1.807) is 24.3 Å². The molecule has 0 heterocycles. The first kappa shape index (κ1) is 30.2. The third-order valence-electron chi connectivity index (χ3n) is 5.35. The Bertz CT molecular complexity index is 1190. The Hall–Kier alpha value is -5.01. The Morgan fingerprint density at radius 2 is 1.46 bits per heavy atom. The summed E-state index contributed by atoms with van der Waals surface area (Å²) in [5.41, 5.74) is 5.99. The zero-order valence-corrected chi connectivity index (χ0v) is 21.3. The first-order chi connectivity index (χ1) is 18.5. The van der Waals surface area contributed by atoms with Crippen molar-refractivity contribution in [3.05, 3.63) is 70.3 Å². The van der Waals surface area contributed by atoms with Gasteiger partial charge in [0.25, 0.3) is 5.69 Å². The van der Waals surface area contributed by atoms with Gasteiger partial charge < -0.3 is 31.7 Å². The number of nitro groups is 1. The number of alkyl carbamates (subject to hydrolysis) is 1. The maximum absolute atomic E-state index is 12.8. The van der Waals surface area contributed by atoms with Crippen LogP contribution < -0.4 is 27.0 Å². The summed E-state index contributed by atoms with van der Waals surface area (Å²) in [6.45, 7) is 2.78. The number of nitro benzene ring substituents is 1. The number of anilines is 1. The number of non-ortho nitro benzene ring substituents is 1. The SMILES string of the molecule is C[C@H](NC(=O)OCc1ccccc1)C(=O)N[C@@H](C)C(=O)N[C@@H](CCC(N)=O)C(=O)Nc1ccc([N+](=O)[O-])cc1. The van der Waals surface area contributed by atoms with Crippen LogP contribution in [0.3, 0.4) is 0 Å². The zero-order valence-electron chi connectivity index (χ0n) is 21.3. The van der Waals surface area contributed by atoms with Crippen molar-refractivity contribution in [3.8, 4) is 0 Å². The van der Waals surface area contributed by atoms with Gasteiger partial charge in [-0.05, 0) is 38.0 Å². The monoisotopic (exact) mass is 542 g/mol. The third kappa shape index (κ3) is 10.5. The van der Waals surface area contributed by atoms with E-state index in [-0.39, 0.29) is 30.8 Å². The van der Waals surface area contributed by atoms with Crippen molar-refractivity contribution in [2.45, 2.75) is 51.4 Å². The van der Waals surface area contributed by atoms with Crippen LogP contribution in [0.15, 0.2) is 54.6 Å². The smallest absolute Gasteiger partial charge is 0.408 e. The largest absolute Gasteiger partial charge is 0.445 e. The topological polar surface area (TPSA) is 212 Å². The predicted octanol–water partition coefficient (Wildman–Crippen LogP) is 1.10. The summed E-state index contributed by atoms with van der Waals surface area (Å²) in [7, 11) is 0. The van der Waals surface area contributed by atoms with Crippen molar-refractivity contribution in [3.63, 3.8) is 0 Å². The van der Waals surface area contributed by atoms with Gasteiger partial charge in [-0.1, -0.05) is 30.3 Å². The first-order valence-corrected chi connectivity index (χ1v) is 11.9. The molecule has 0 unspecified atom stereocenters. The van der Waals surface area contributed by atoms with E-state index >= 15 is 0 Å². The number of hydrogen-bond acceptors (Lipinski definition) is 8. The number of rotatable bonds is 13. The molecule has 2 aromatic rings. The van der Waals surface area contributed by atoms with Crippen molar-refractivity contribution in [2.75, 3.05) is 5.32 Å². The molecule has 2 aromatic carbocycles. The molecule has 0 saturated carbocycles. The number of carbonyl (C=O) groups excluding carboxylic acids is 5. The summed E-state index contributed by atoms with van der Waals surface area (Å²) in [6, 6.07) is 10.6. The molecule has 14 heteroatoms. The molecule has 0 aliphatic rings. The molecule has 0 radical (unpaired) electrons. The lowest BCUT2D eigenvalue weighted by Crippen LogP contribution is -2.54. The number of nitrogens with one attached hydrogen (secondary N) is 4. The average Bonchev–Trinajstić information content (AvgIpc) is 2.90. The summed E-state index contributed by atoms with van der Waals surface area (Å²) >= 11 is 0. The molecule has 14 nitrogen and oxygen atoms in total. The molecule has 0 bridgehead atoms. The van der Waals surface area contributed by atoms with E-state index in [1.807, 2.05) is 6.07 Å². The molecule has 5 amide bonds. The highest BCUT2D eigenvalue weighted by molar-refractivity contribution is 5.99. The van der Waals surface area contributed by atoms with E-state index < -0.39 is 52.8 Å². The van der Waals surface area contributed by atoms with E-state index in [0.29, 0.717) is 0 Å². The highest BCUT2D eigenvalue weighted by Gasteiger charge is 2.26. The summed E-state index contributed by atoms with van der Waals surface area (Å²) in [4.78, 5) is 71.4. The van der Waals surface area contributed by atoms with Gasteiger partial charge in [-0.2, -0.15) is 0 Å². The van der Waals surface area contributed by atoms with E-state index in [0.717, 1.165) is 5.56 Å². The molecule has 6 N–H and O–H groups in total. The van der Waals surface area contributed by atoms with Gasteiger partial charge in [0.15, 0.2) is 0 Å². The lowest BCUT2D eigenvalue weighted by atomic mass is 10.1. The molecule has 3 atom stereocenters. The highest BCUT2D eigenvalue weighted by atomic mass is 16.6. The Kier molecular flexibility index (Phi) is 11.4. The highest BCUT2D eigenvalue weighted by Crippen LogP contribution is 2.16.